The minimum Gasteiger partial charge on any atom is -0.480 e. The average Bonchev–Trinajstić information content (AvgIpc) is 2.78. The molecule has 1 fully saturated rings. The molecule has 0 aromatic heterocycles. The molecular formula is C26H49N5O5. The third-order valence-electron chi connectivity index (χ3n) is 6.61. The number of rotatable bonds is 15. The lowest BCUT2D eigenvalue weighted by Crippen LogP contribution is -2.57. The Morgan fingerprint density at radius 3 is 1.67 bits per heavy atom. The highest BCUT2D eigenvalue weighted by Gasteiger charge is 2.31. The van der Waals surface area contributed by atoms with Crippen LogP contribution in [0, 0.1) is 17.8 Å². The zero-order chi connectivity index (χ0) is 27.4. The second-order valence-electron chi connectivity index (χ2n) is 11.2. The predicted molar refractivity (Wildman–Crippen MR) is 140 cm³/mol. The van der Waals surface area contributed by atoms with Crippen molar-refractivity contribution in [3.05, 3.63) is 0 Å². The lowest BCUT2D eigenvalue weighted by atomic mass is 9.97. The van der Waals surface area contributed by atoms with Crippen LogP contribution in [0.15, 0.2) is 0 Å². The van der Waals surface area contributed by atoms with Gasteiger partial charge < -0.3 is 26.0 Å². The molecule has 4 N–H and O–H groups in total. The average molecular weight is 512 g/mol. The summed E-state index contributed by atoms with van der Waals surface area (Å²) in [5.74, 6) is -1.87. The van der Waals surface area contributed by atoms with Crippen LogP contribution in [0.5, 0.6) is 0 Å². The summed E-state index contributed by atoms with van der Waals surface area (Å²) >= 11 is 0. The summed E-state index contributed by atoms with van der Waals surface area (Å²) in [5, 5.41) is 17.9. The summed E-state index contributed by atoms with van der Waals surface area (Å²) in [6, 6.07) is -2.68. The normalized spacial score (nSPS) is 18.4. The lowest BCUT2D eigenvalue weighted by molar-refractivity contribution is -0.143. The Morgan fingerprint density at radius 1 is 0.750 bits per heavy atom. The SMILES string of the molecule is CCC(C)CC(NC(=O)[C@H](CC(C)C)NC(=O)[C@H](CC(C)C)NC(=O)CN1CCN(C)CC1)C(=O)O. The minimum atomic E-state index is -1.09. The van der Waals surface area contributed by atoms with Crippen molar-refractivity contribution in [2.45, 2.75) is 85.4 Å². The fourth-order valence-corrected chi connectivity index (χ4v) is 4.19. The summed E-state index contributed by atoms with van der Waals surface area (Å²) in [6.45, 7) is 15.3. The van der Waals surface area contributed by atoms with E-state index >= 15 is 0 Å². The molecule has 2 unspecified atom stereocenters. The minimum absolute atomic E-state index is 0.0919. The largest absolute Gasteiger partial charge is 0.480 e. The Bertz CT molecular complexity index is 722. The van der Waals surface area contributed by atoms with Crippen LogP contribution in [0.2, 0.25) is 0 Å². The Balaban J connectivity index is 2.88. The van der Waals surface area contributed by atoms with Crippen LogP contribution in [0.3, 0.4) is 0 Å². The first-order chi connectivity index (χ1) is 16.8. The number of carbonyl (C=O) groups excluding carboxylic acids is 3. The van der Waals surface area contributed by atoms with Crippen LogP contribution in [-0.2, 0) is 19.2 Å². The highest BCUT2D eigenvalue weighted by atomic mass is 16.4. The van der Waals surface area contributed by atoms with Crippen molar-refractivity contribution in [2.24, 2.45) is 17.8 Å². The van der Waals surface area contributed by atoms with Gasteiger partial charge in [0.15, 0.2) is 0 Å². The van der Waals surface area contributed by atoms with Gasteiger partial charge in [0, 0.05) is 26.2 Å². The first-order valence-corrected chi connectivity index (χ1v) is 13.4. The molecule has 0 spiro atoms. The van der Waals surface area contributed by atoms with Crippen LogP contribution in [0.4, 0.5) is 0 Å². The van der Waals surface area contributed by atoms with Gasteiger partial charge in [-0.05, 0) is 44.1 Å². The van der Waals surface area contributed by atoms with Gasteiger partial charge in [-0.2, -0.15) is 0 Å². The van der Waals surface area contributed by atoms with Gasteiger partial charge in [-0.25, -0.2) is 4.79 Å². The molecule has 0 aromatic carbocycles. The number of hydrogen-bond acceptors (Lipinski definition) is 6. The van der Waals surface area contributed by atoms with Gasteiger partial charge in [-0.3, -0.25) is 19.3 Å². The second-order valence-corrected chi connectivity index (χ2v) is 11.2. The molecule has 0 aliphatic carbocycles. The molecule has 0 aromatic rings. The molecule has 0 saturated carbocycles. The van der Waals surface area contributed by atoms with E-state index < -0.39 is 35.9 Å². The van der Waals surface area contributed by atoms with Crippen LogP contribution < -0.4 is 16.0 Å². The zero-order valence-electron chi connectivity index (χ0n) is 23.3. The number of carbonyl (C=O) groups is 4. The first kappa shape index (κ1) is 31.8. The fraction of sp³-hybridized carbons (Fsp3) is 0.846. The van der Waals surface area contributed by atoms with E-state index in [-0.39, 0.29) is 30.2 Å². The fourth-order valence-electron chi connectivity index (χ4n) is 4.19. The molecule has 36 heavy (non-hydrogen) atoms. The maximum Gasteiger partial charge on any atom is 0.326 e. The first-order valence-electron chi connectivity index (χ1n) is 13.4. The molecule has 10 heteroatoms. The number of nitrogens with zero attached hydrogens (tertiary/aromatic N) is 2. The second kappa shape index (κ2) is 15.8. The topological polar surface area (TPSA) is 131 Å². The molecule has 1 aliphatic heterocycles. The summed E-state index contributed by atoms with van der Waals surface area (Å²) in [5.41, 5.74) is 0. The molecule has 1 aliphatic rings. The van der Waals surface area contributed by atoms with E-state index in [1.165, 1.54) is 0 Å². The van der Waals surface area contributed by atoms with Crippen molar-refractivity contribution in [1.29, 1.82) is 0 Å². The smallest absolute Gasteiger partial charge is 0.326 e. The van der Waals surface area contributed by atoms with Gasteiger partial charge in [0.2, 0.25) is 17.7 Å². The molecule has 208 valence electrons. The molecular weight excluding hydrogens is 462 g/mol. The van der Waals surface area contributed by atoms with Crippen molar-refractivity contribution >= 4 is 23.7 Å². The number of hydrogen-bond donors (Lipinski definition) is 4. The summed E-state index contributed by atoms with van der Waals surface area (Å²) in [6.07, 6.45) is 1.91. The number of carboxylic acid groups (broad SMARTS) is 1. The molecule has 1 rings (SSSR count). The Kier molecular flexibility index (Phi) is 14.0. The number of piperazine rings is 1. The number of carboxylic acids is 1. The molecule has 4 atom stereocenters. The van der Waals surface area contributed by atoms with Crippen molar-refractivity contribution in [1.82, 2.24) is 25.8 Å². The van der Waals surface area contributed by atoms with Crippen molar-refractivity contribution in [2.75, 3.05) is 39.8 Å². The number of amides is 3. The number of likely N-dealkylation sites (N-methyl/N-ethyl adjacent to an activating group) is 1. The van der Waals surface area contributed by atoms with Crippen LogP contribution >= 0.6 is 0 Å². The van der Waals surface area contributed by atoms with Crippen molar-refractivity contribution < 1.29 is 24.3 Å². The number of aliphatic carboxylic acids is 1. The van der Waals surface area contributed by atoms with Gasteiger partial charge in [0.25, 0.3) is 0 Å². The van der Waals surface area contributed by atoms with Gasteiger partial charge >= 0.3 is 5.97 Å². The molecule has 0 bridgehead atoms. The molecule has 1 heterocycles. The van der Waals surface area contributed by atoms with Crippen LogP contribution in [0.1, 0.15) is 67.2 Å². The predicted octanol–water partition coefficient (Wildman–Crippen LogP) is 1.30. The summed E-state index contributed by atoms with van der Waals surface area (Å²) in [7, 11) is 2.05. The Hall–Kier alpha value is -2.20. The third-order valence-corrected chi connectivity index (χ3v) is 6.61. The van der Waals surface area contributed by atoms with E-state index in [4.69, 9.17) is 0 Å². The van der Waals surface area contributed by atoms with E-state index in [1.54, 1.807) is 0 Å². The molecule has 10 nitrogen and oxygen atoms in total. The van der Waals surface area contributed by atoms with E-state index in [1.807, 2.05) is 48.6 Å². The molecule has 1 saturated heterocycles. The van der Waals surface area contributed by atoms with Crippen molar-refractivity contribution in [3.63, 3.8) is 0 Å². The summed E-state index contributed by atoms with van der Waals surface area (Å²) < 4.78 is 0. The van der Waals surface area contributed by atoms with Gasteiger partial charge in [-0.15, -0.1) is 0 Å². The van der Waals surface area contributed by atoms with E-state index in [0.29, 0.717) is 19.3 Å². The third kappa shape index (κ3) is 12.2. The monoisotopic (exact) mass is 511 g/mol. The number of nitrogens with one attached hydrogen (secondary N) is 3. The standard InChI is InChI=1S/C26H49N5O5/c1-8-19(6)15-22(26(35)36)29-25(34)21(14-18(4)5)28-24(33)20(13-17(2)3)27-23(32)16-31-11-9-30(7)10-12-31/h17-22H,8-16H2,1-7H3,(H,27,32)(H,28,33)(H,29,34)(H,35,36)/t19?,20-,21-,22?/m0/s1. The quantitative estimate of drug-likeness (QED) is 0.261. The maximum atomic E-state index is 13.2. The summed E-state index contributed by atoms with van der Waals surface area (Å²) in [4.78, 5) is 55.1. The van der Waals surface area contributed by atoms with E-state index in [0.717, 1.165) is 32.6 Å². The van der Waals surface area contributed by atoms with Crippen LogP contribution in [-0.4, -0.2) is 96.5 Å². The highest BCUT2D eigenvalue weighted by molar-refractivity contribution is 5.93. The van der Waals surface area contributed by atoms with Crippen molar-refractivity contribution in [3.8, 4) is 0 Å². The van der Waals surface area contributed by atoms with E-state index in [2.05, 4.69) is 25.8 Å². The Labute approximate surface area is 216 Å². The lowest BCUT2D eigenvalue weighted by Gasteiger charge is -2.32. The molecule has 3 amide bonds. The maximum absolute atomic E-state index is 13.2. The van der Waals surface area contributed by atoms with Gasteiger partial charge in [0.05, 0.1) is 6.54 Å². The van der Waals surface area contributed by atoms with Gasteiger partial charge in [-0.1, -0.05) is 48.0 Å². The highest BCUT2D eigenvalue weighted by Crippen LogP contribution is 2.13. The van der Waals surface area contributed by atoms with E-state index in [9.17, 15) is 24.3 Å². The molecule has 0 radical (unpaired) electrons. The Morgan fingerprint density at radius 2 is 1.22 bits per heavy atom. The van der Waals surface area contributed by atoms with Gasteiger partial charge in [0.1, 0.15) is 18.1 Å². The van der Waals surface area contributed by atoms with Crippen LogP contribution in [0.25, 0.3) is 0 Å². The zero-order valence-corrected chi connectivity index (χ0v) is 23.3.